The Kier molecular flexibility index (Phi) is 2.35. The van der Waals surface area contributed by atoms with Crippen molar-refractivity contribution >= 4 is 5.82 Å². The van der Waals surface area contributed by atoms with E-state index in [2.05, 4.69) is 10.4 Å². The van der Waals surface area contributed by atoms with Crippen molar-refractivity contribution in [3.63, 3.8) is 0 Å². The van der Waals surface area contributed by atoms with E-state index in [1.807, 2.05) is 0 Å². The summed E-state index contributed by atoms with van der Waals surface area (Å²) in [5.41, 5.74) is 0. The van der Waals surface area contributed by atoms with E-state index in [1.54, 1.807) is 24.5 Å². The predicted molar refractivity (Wildman–Crippen MR) is 57.0 cm³/mol. The third-order valence-corrected chi connectivity index (χ3v) is 2.96. The van der Waals surface area contributed by atoms with Crippen molar-refractivity contribution in [2.45, 2.75) is 24.9 Å². The summed E-state index contributed by atoms with van der Waals surface area (Å²) < 4.78 is 32.5. The number of halogens is 2. The zero-order chi connectivity index (χ0) is 11.8. The van der Waals surface area contributed by atoms with Crippen molar-refractivity contribution in [1.29, 1.82) is 0 Å². The first kappa shape index (κ1) is 10.3. The van der Waals surface area contributed by atoms with Crippen LogP contribution < -0.4 is 5.32 Å². The van der Waals surface area contributed by atoms with E-state index in [0.29, 0.717) is 11.6 Å². The van der Waals surface area contributed by atoms with E-state index in [-0.39, 0.29) is 12.5 Å². The first-order chi connectivity index (χ1) is 8.25. The highest BCUT2D eigenvalue weighted by atomic mass is 19.3. The fraction of sp³-hybridized carbons (Fsp3) is 0.364. The molecule has 0 aromatic carbocycles. The van der Waals surface area contributed by atoms with Crippen LogP contribution in [-0.4, -0.2) is 16.2 Å². The van der Waals surface area contributed by atoms with Gasteiger partial charge in [-0.25, -0.2) is 13.5 Å². The highest BCUT2D eigenvalue weighted by Gasteiger charge is 2.34. The molecule has 2 aromatic heterocycles. The molecule has 90 valence electrons. The molecule has 3 rings (SSSR count). The molecule has 0 saturated heterocycles. The molecule has 0 saturated carbocycles. The number of nitrogens with zero attached hydrogens (tertiary/aromatic N) is 2. The summed E-state index contributed by atoms with van der Waals surface area (Å²) in [7, 11) is 0. The quantitative estimate of drug-likeness (QED) is 0.876. The van der Waals surface area contributed by atoms with Gasteiger partial charge in [0.1, 0.15) is 17.6 Å². The molecule has 2 aromatic rings. The van der Waals surface area contributed by atoms with Crippen LogP contribution in [0, 0.1) is 0 Å². The average molecular weight is 239 g/mol. The lowest BCUT2D eigenvalue weighted by Crippen LogP contribution is -2.30. The molecular formula is C11H11F2N3O. The Morgan fingerprint density at radius 2 is 2.35 bits per heavy atom. The van der Waals surface area contributed by atoms with E-state index in [1.165, 1.54) is 10.9 Å². The molecular weight excluding hydrogens is 228 g/mol. The van der Waals surface area contributed by atoms with Gasteiger partial charge in [-0.3, -0.25) is 0 Å². The summed E-state index contributed by atoms with van der Waals surface area (Å²) in [6.07, 6.45) is 0.885. The van der Waals surface area contributed by atoms with Crippen molar-refractivity contribution in [3.8, 4) is 0 Å². The van der Waals surface area contributed by atoms with Crippen LogP contribution in [0.15, 0.2) is 35.1 Å². The van der Waals surface area contributed by atoms with Crippen LogP contribution in [0.5, 0.6) is 0 Å². The summed E-state index contributed by atoms with van der Waals surface area (Å²) >= 11 is 0. The third kappa shape index (κ3) is 1.69. The lowest BCUT2D eigenvalue weighted by molar-refractivity contribution is 0.0645. The minimum absolute atomic E-state index is 0.229. The number of aromatic nitrogens is 2. The number of hydrogen-bond acceptors (Lipinski definition) is 3. The van der Waals surface area contributed by atoms with Gasteiger partial charge in [-0.15, -0.1) is 0 Å². The number of fused-ring (bicyclic) bond motifs is 1. The number of furan rings is 1. The standard InChI is InChI=1S/C11H11F2N3O/c12-11(13)8-6-7(9-2-1-5-17-9)15-10-3-4-14-16(8)10/h1-5,7-8,11,15H,6H2/t7-,8+/m0/s1. The maximum Gasteiger partial charge on any atom is 0.260 e. The molecule has 1 aliphatic rings. The van der Waals surface area contributed by atoms with E-state index in [9.17, 15) is 8.78 Å². The van der Waals surface area contributed by atoms with Gasteiger partial charge in [0.15, 0.2) is 0 Å². The lowest BCUT2D eigenvalue weighted by atomic mass is 10.0. The maximum absolute atomic E-state index is 13.0. The number of anilines is 1. The van der Waals surface area contributed by atoms with Crippen LogP contribution in [0.2, 0.25) is 0 Å². The predicted octanol–water partition coefficient (Wildman–Crippen LogP) is 2.84. The van der Waals surface area contributed by atoms with E-state index in [4.69, 9.17) is 4.42 Å². The van der Waals surface area contributed by atoms with Gasteiger partial charge >= 0.3 is 0 Å². The van der Waals surface area contributed by atoms with Crippen LogP contribution in [0.1, 0.15) is 24.3 Å². The molecule has 0 radical (unpaired) electrons. The highest BCUT2D eigenvalue weighted by Crippen LogP contribution is 2.37. The molecule has 0 unspecified atom stereocenters. The zero-order valence-corrected chi connectivity index (χ0v) is 8.88. The second-order valence-electron chi connectivity index (χ2n) is 4.01. The first-order valence-corrected chi connectivity index (χ1v) is 5.37. The molecule has 17 heavy (non-hydrogen) atoms. The Labute approximate surface area is 96.2 Å². The molecule has 6 heteroatoms. The SMILES string of the molecule is FC(F)[C@H]1C[C@@H](c2ccco2)Nc2ccnn21. The van der Waals surface area contributed by atoms with E-state index >= 15 is 0 Å². The first-order valence-electron chi connectivity index (χ1n) is 5.37. The second-order valence-corrected chi connectivity index (χ2v) is 4.01. The normalized spacial score (nSPS) is 23.5. The minimum atomic E-state index is -2.44. The molecule has 0 aliphatic carbocycles. The van der Waals surface area contributed by atoms with Gasteiger partial charge in [-0.2, -0.15) is 5.10 Å². The molecule has 3 heterocycles. The Morgan fingerprint density at radius 3 is 3.06 bits per heavy atom. The molecule has 1 aliphatic heterocycles. The molecule has 2 atom stereocenters. The topological polar surface area (TPSA) is 43.0 Å². The zero-order valence-electron chi connectivity index (χ0n) is 8.88. The van der Waals surface area contributed by atoms with Gasteiger partial charge in [0, 0.05) is 12.5 Å². The van der Waals surface area contributed by atoms with Gasteiger partial charge in [-0.05, 0) is 12.1 Å². The molecule has 0 amide bonds. The fourth-order valence-electron chi connectivity index (χ4n) is 2.16. The lowest BCUT2D eigenvalue weighted by Gasteiger charge is -2.30. The maximum atomic E-state index is 13.0. The average Bonchev–Trinajstić information content (AvgIpc) is 2.98. The van der Waals surface area contributed by atoms with E-state index < -0.39 is 12.5 Å². The Hall–Kier alpha value is -1.85. The van der Waals surface area contributed by atoms with Gasteiger partial charge in [0.05, 0.1) is 18.5 Å². The van der Waals surface area contributed by atoms with Gasteiger partial charge in [-0.1, -0.05) is 0 Å². The van der Waals surface area contributed by atoms with Crippen molar-refractivity contribution in [2.24, 2.45) is 0 Å². The number of rotatable bonds is 2. The Bertz CT molecular complexity index is 495. The smallest absolute Gasteiger partial charge is 0.260 e. The molecule has 4 nitrogen and oxygen atoms in total. The summed E-state index contributed by atoms with van der Waals surface area (Å²) in [4.78, 5) is 0. The van der Waals surface area contributed by atoms with Crippen molar-refractivity contribution < 1.29 is 13.2 Å². The second kappa shape index (κ2) is 3.87. The summed E-state index contributed by atoms with van der Waals surface area (Å²) in [5.74, 6) is 1.27. The minimum Gasteiger partial charge on any atom is -0.467 e. The monoisotopic (exact) mass is 239 g/mol. The number of alkyl halides is 2. The summed E-state index contributed by atoms with van der Waals surface area (Å²) in [6, 6.07) is 4.08. The van der Waals surface area contributed by atoms with Crippen molar-refractivity contribution in [2.75, 3.05) is 5.32 Å². The third-order valence-electron chi connectivity index (χ3n) is 2.96. The summed E-state index contributed by atoms with van der Waals surface area (Å²) in [5, 5.41) is 7.06. The van der Waals surface area contributed by atoms with Crippen LogP contribution in [0.4, 0.5) is 14.6 Å². The molecule has 0 bridgehead atoms. The largest absolute Gasteiger partial charge is 0.467 e. The summed E-state index contributed by atoms with van der Waals surface area (Å²) in [6.45, 7) is 0. The van der Waals surface area contributed by atoms with Gasteiger partial charge in [0.25, 0.3) is 6.43 Å². The van der Waals surface area contributed by atoms with Crippen LogP contribution >= 0.6 is 0 Å². The molecule has 1 N–H and O–H groups in total. The molecule has 0 spiro atoms. The Morgan fingerprint density at radius 1 is 1.47 bits per heavy atom. The van der Waals surface area contributed by atoms with Crippen LogP contribution in [-0.2, 0) is 0 Å². The van der Waals surface area contributed by atoms with Crippen molar-refractivity contribution in [3.05, 3.63) is 36.4 Å². The van der Waals surface area contributed by atoms with Crippen LogP contribution in [0.3, 0.4) is 0 Å². The highest BCUT2D eigenvalue weighted by molar-refractivity contribution is 5.39. The van der Waals surface area contributed by atoms with Gasteiger partial charge in [0.2, 0.25) is 0 Å². The Balaban J connectivity index is 1.94. The number of nitrogens with one attached hydrogen (secondary N) is 1. The van der Waals surface area contributed by atoms with Crippen LogP contribution in [0.25, 0.3) is 0 Å². The molecule has 0 fully saturated rings. The fourth-order valence-corrected chi connectivity index (χ4v) is 2.16. The van der Waals surface area contributed by atoms with Crippen molar-refractivity contribution in [1.82, 2.24) is 9.78 Å². The van der Waals surface area contributed by atoms with E-state index in [0.717, 1.165) is 0 Å². The number of hydrogen-bond donors (Lipinski definition) is 1. The van der Waals surface area contributed by atoms with Gasteiger partial charge < -0.3 is 9.73 Å².